The first-order chi connectivity index (χ1) is 13.7. The molecule has 0 saturated heterocycles. The van der Waals surface area contributed by atoms with Gasteiger partial charge in [0.25, 0.3) is 0 Å². The summed E-state index contributed by atoms with van der Waals surface area (Å²) in [6.45, 7) is 6.98. The molecule has 1 amide bonds. The molecule has 2 aromatic heterocycles. The van der Waals surface area contributed by atoms with Gasteiger partial charge in [0.1, 0.15) is 0 Å². The number of anilines is 1. The molecule has 0 aliphatic heterocycles. The Labute approximate surface area is 169 Å². The van der Waals surface area contributed by atoms with Crippen LogP contribution >= 0.6 is 11.8 Å². The smallest absolute Gasteiger partial charge is 0.234 e. The lowest BCUT2D eigenvalue weighted by molar-refractivity contribution is -0.113. The second-order valence-electron chi connectivity index (χ2n) is 6.28. The molecule has 0 bridgehead atoms. The number of pyridine rings is 1. The molecule has 3 aromatic rings. The molecule has 0 spiro atoms. The molecular formula is C21H25N5OS. The van der Waals surface area contributed by atoms with Crippen LogP contribution in [0.3, 0.4) is 0 Å². The van der Waals surface area contributed by atoms with Gasteiger partial charge in [-0.25, -0.2) is 0 Å². The Bertz CT molecular complexity index is 917. The van der Waals surface area contributed by atoms with Gasteiger partial charge in [0, 0.05) is 30.2 Å². The first kappa shape index (κ1) is 20.1. The number of para-hydroxylation sites is 1. The zero-order chi connectivity index (χ0) is 19.9. The molecule has 3 rings (SSSR count). The quantitative estimate of drug-likeness (QED) is 0.578. The average Bonchev–Trinajstić information content (AvgIpc) is 3.16. The molecule has 2 heterocycles. The van der Waals surface area contributed by atoms with E-state index in [0.29, 0.717) is 0 Å². The Morgan fingerprint density at radius 1 is 1.04 bits per heavy atom. The van der Waals surface area contributed by atoms with Crippen LogP contribution in [0.15, 0.2) is 47.9 Å². The molecule has 146 valence electrons. The summed E-state index contributed by atoms with van der Waals surface area (Å²) in [7, 11) is 0. The highest BCUT2D eigenvalue weighted by atomic mass is 32.2. The fraction of sp³-hybridized carbons (Fsp3) is 0.333. The van der Waals surface area contributed by atoms with E-state index in [1.807, 2.05) is 29.7 Å². The molecule has 6 nitrogen and oxygen atoms in total. The largest absolute Gasteiger partial charge is 0.325 e. The van der Waals surface area contributed by atoms with E-state index in [9.17, 15) is 4.79 Å². The number of aromatic nitrogens is 4. The van der Waals surface area contributed by atoms with Crippen molar-refractivity contribution in [1.82, 2.24) is 19.7 Å². The van der Waals surface area contributed by atoms with E-state index in [4.69, 9.17) is 0 Å². The number of benzene rings is 1. The zero-order valence-corrected chi connectivity index (χ0v) is 17.3. The molecule has 0 unspecified atom stereocenters. The van der Waals surface area contributed by atoms with Gasteiger partial charge in [-0.05, 0) is 43.0 Å². The van der Waals surface area contributed by atoms with Crippen LogP contribution in [0.2, 0.25) is 0 Å². The van der Waals surface area contributed by atoms with E-state index in [-0.39, 0.29) is 11.7 Å². The number of rotatable bonds is 8. The molecule has 0 aliphatic rings. The summed E-state index contributed by atoms with van der Waals surface area (Å²) < 4.78 is 2.02. The Balaban J connectivity index is 1.72. The number of carbonyl (C=O) groups is 1. The van der Waals surface area contributed by atoms with Crippen LogP contribution in [0.4, 0.5) is 5.69 Å². The molecule has 1 aromatic carbocycles. The number of aryl methyl sites for hydroxylation is 2. The molecule has 0 saturated carbocycles. The van der Waals surface area contributed by atoms with Crippen LogP contribution in [0.1, 0.15) is 31.9 Å². The third kappa shape index (κ3) is 4.42. The van der Waals surface area contributed by atoms with Crippen molar-refractivity contribution in [3.05, 3.63) is 53.9 Å². The minimum absolute atomic E-state index is 0.0308. The highest BCUT2D eigenvalue weighted by Gasteiger charge is 2.15. The van der Waals surface area contributed by atoms with Crippen LogP contribution in [-0.2, 0) is 24.2 Å². The minimum atomic E-state index is -0.0308. The number of nitrogens with zero attached hydrogens (tertiary/aromatic N) is 4. The second kappa shape index (κ2) is 9.50. The number of amides is 1. The Hall–Kier alpha value is -2.67. The summed E-state index contributed by atoms with van der Waals surface area (Å²) in [5.74, 6) is 1.05. The summed E-state index contributed by atoms with van der Waals surface area (Å²) in [6, 6.07) is 10.00. The van der Waals surface area contributed by atoms with E-state index in [2.05, 4.69) is 46.5 Å². The van der Waals surface area contributed by atoms with Crippen LogP contribution in [-0.4, -0.2) is 31.4 Å². The topological polar surface area (TPSA) is 72.7 Å². The Kier molecular flexibility index (Phi) is 6.81. The van der Waals surface area contributed by atoms with Gasteiger partial charge in [-0.2, -0.15) is 0 Å². The van der Waals surface area contributed by atoms with Crippen molar-refractivity contribution in [3.63, 3.8) is 0 Å². The molecule has 1 N–H and O–H groups in total. The van der Waals surface area contributed by atoms with Gasteiger partial charge in [0.15, 0.2) is 11.0 Å². The van der Waals surface area contributed by atoms with E-state index < -0.39 is 0 Å². The predicted molar refractivity (Wildman–Crippen MR) is 113 cm³/mol. The monoisotopic (exact) mass is 395 g/mol. The van der Waals surface area contributed by atoms with Crippen LogP contribution in [0, 0.1) is 0 Å². The lowest BCUT2D eigenvalue weighted by atomic mass is 10.0. The summed E-state index contributed by atoms with van der Waals surface area (Å²) in [4.78, 5) is 16.6. The zero-order valence-electron chi connectivity index (χ0n) is 16.5. The maximum absolute atomic E-state index is 12.6. The first-order valence-electron chi connectivity index (χ1n) is 9.54. The molecule has 0 atom stereocenters. The van der Waals surface area contributed by atoms with Crippen molar-refractivity contribution < 1.29 is 4.79 Å². The van der Waals surface area contributed by atoms with Crippen LogP contribution < -0.4 is 5.32 Å². The number of hydrogen-bond donors (Lipinski definition) is 1. The van der Waals surface area contributed by atoms with Crippen molar-refractivity contribution in [2.24, 2.45) is 0 Å². The van der Waals surface area contributed by atoms with E-state index >= 15 is 0 Å². The molecule has 0 aliphatic carbocycles. The third-order valence-electron chi connectivity index (χ3n) is 4.57. The maximum Gasteiger partial charge on any atom is 0.234 e. The second-order valence-corrected chi connectivity index (χ2v) is 7.22. The lowest BCUT2D eigenvalue weighted by Crippen LogP contribution is -2.17. The van der Waals surface area contributed by atoms with Gasteiger partial charge in [0.05, 0.1) is 5.75 Å². The standard InChI is InChI=1S/C21H25N5OS/c1-4-15-8-7-9-16(5-2)19(15)23-18(27)14-28-21-25-24-20(26(21)6-3)17-10-12-22-13-11-17/h7-13H,4-6,14H2,1-3H3,(H,23,27). The summed E-state index contributed by atoms with van der Waals surface area (Å²) >= 11 is 1.40. The van der Waals surface area contributed by atoms with Crippen molar-refractivity contribution in [1.29, 1.82) is 0 Å². The van der Waals surface area contributed by atoms with Gasteiger partial charge in [-0.15, -0.1) is 10.2 Å². The summed E-state index contributed by atoms with van der Waals surface area (Å²) in [6.07, 6.45) is 5.24. The van der Waals surface area contributed by atoms with Crippen molar-refractivity contribution in [3.8, 4) is 11.4 Å². The fourth-order valence-corrected chi connectivity index (χ4v) is 3.91. The number of nitrogens with one attached hydrogen (secondary N) is 1. The molecular weight excluding hydrogens is 370 g/mol. The lowest BCUT2D eigenvalue weighted by Gasteiger charge is -2.14. The van der Waals surface area contributed by atoms with Gasteiger partial charge in [0.2, 0.25) is 5.91 Å². The van der Waals surface area contributed by atoms with E-state index in [0.717, 1.165) is 52.7 Å². The van der Waals surface area contributed by atoms with Gasteiger partial charge in [-0.3, -0.25) is 9.78 Å². The first-order valence-corrected chi connectivity index (χ1v) is 10.5. The predicted octanol–water partition coefficient (Wildman–Crippen LogP) is 4.22. The average molecular weight is 396 g/mol. The van der Waals surface area contributed by atoms with Crippen molar-refractivity contribution in [2.75, 3.05) is 11.1 Å². The van der Waals surface area contributed by atoms with Crippen LogP contribution in [0.25, 0.3) is 11.4 Å². The third-order valence-corrected chi connectivity index (χ3v) is 5.53. The minimum Gasteiger partial charge on any atom is -0.325 e. The molecule has 7 heteroatoms. The van der Waals surface area contributed by atoms with Crippen molar-refractivity contribution >= 4 is 23.4 Å². The normalized spacial score (nSPS) is 10.8. The highest BCUT2D eigenvalue weighted by molar-refractivity contribution is 7.99. The number of hydrogen-bond acceptors (Lipinski definition) is 5. The van der Waals surface area contributed by atoms with Crippen molar-refractivity contribution in [2.45, 2.75) is 45.3 Å². The van der Waals surface area contributed by atoms with E-state index in [1.54, 1.807) is 12.4 Å². The Morgan fingerprint density at radius 2 is 1.71 bits per heavy atom. The summed E-state index contributed by atoms with van der Waals surface area (Å²) in [5.41, 5.74) is 4.24. The SMILES string of the molecule is CCc1cccc(CC)c1NC(=O)CSc1nnc(-c2ccncc2)n1CC. The Morgan fingerprint density at radius 3 is 2.32 bits per heavy atom. The maximum atomic E-state index is 12.6. The van der Waals surface area contributed by atoms with Gasteiger partial charge >= 0.3 is 0 Å². The van der Waals surface area contributed by atoms with Gasteiger partial charge < -0.3 is 9.88 Å². The van der Waals surface area contributed by atoms with Crippen LogP contribution in [0.5, 0.6) is 0 Å². The molecule has 0 fully saturated rings. The number of carbonyl (C=O) groups excluding carboxylic acids is 1. The highest BCUT2D eigenvalue weighted by Crippen LogP contribution is 2.25. The summed E-state index contributed by atoms with van der Waals surface area (Å²) in [5, 5.41) is 12.4. The van der Waals surface area contributed by atoms with E-state index in [1.165, 1.54) is 11.8 Å². The molecule has 28 heavy (non-hydrogen) atoms. The number of thioether (sulfide) groups is 1. The van der Waals surface area contributed by atoms with Gasteiger partial charge in [-0.1, -0.05) is 43.8 Å². The fourth-order valence-electron chi connectivity index (χ4n) is 3.10. The molecule has 0 radical (unpaired) electrons.